The van der Waals surface area contributed by atoms with Crippen molar-refractivity contribution >= 4 is 11.6 Å². The smallest absolute Gasteiger partial charge is 0.160 e. The van der Waals surface area contributed by atoms with E-state index in [1.807, 2.05) is 6.92 Å². The normalized spacial score (nSPS) is 23.6. The first-order valence-corrected chi connectivity index (χ1v) is 5.48. The standard InChI is InChI=1S/C10H17N5O/c1-2-16-8-3-7(4-8)13-9-5-12-6-10(14-9)15-11/h5-8H,2-4,11H2,1H3,(H2,13,14,15). The maximum atomic E-state index is 5.48. The Balaban J connectivity index is 1.82. The van der Waals surface area contributed by atoms with Gasteiger partial charge in [0, 0.05) is 12.6 Å². The summed E-state index contributed by atoms with van der Waals surface area (Å²) in [7, 11) is 0. The highest BCUT2D eigenvalue weighted by molar-refractivity contribution is 5.41. The molecular formula is C10H17N5O. The van der Waals surface area contributed by atoms with Gasteiger partial charge in [-0.3, -0.25) is 4.98 Å². The topological polar surface area (TPSA) is 85.1 Å². The van der Waals surface area contributed by atoms with Gasteiger partial charge in [0.1, 0.15) is 5.82 Å². The zero-order valence-electron chi connectivity index (χ0n) is 9.31. The zero-order chi connectivity index (χ0) is 11.4. The number of hydrogen-bond donors (Lipinski definition) is 3. The maximum Gasteiger partial charge on any atom is 0.160 e. The van der Waals surface area contributed by atoms with Crippen LogP contribution in [0.2, 0.25) is 0 Å². The van der Waals surface area contributed by atoms with E-state index in [0.29, 0.717) is 18.0 Å². The van der Waals surface area contributed by atoms with Crippen LogP contribution in [-0.2, 0) is 4.74 Å². The molecule has 16 heavy (non-hydrogen) atoms. The molecule has 6 heteroatoms. The minimum Gasteiger partial charge on any atom is -0.378 e. The number of hydrazine groups is 1. The Morgan fingerprint density at radius 3 is 2.88 bits per heavy atom. The lowest BCUT2D eigenvalue weighted by molar-refractivity contribution is 0.00292. The summed E-state index contributed by atoms with van der Waals surface area (Å²) in [6.07, 6.45) is 5.71. The van der Waals surface area contributed by atoms with Gasteiger partial charge >= 0.3 is 0 Å². The fraction of sp³-hybridized carbons (Fsp3) is 0.600. The number of nitrogens with zero attached hydrogens (tertiary/aromatic N) is 2. The summed E-state index contributed by atoms with van der Waals surface area (Å²) >= 11 is 0. The van der Waals surface area contributed by atoms with Crippen LogP contribution in [0.3, 0.4) is 0 Å². The molecule has 2 rings (SSSR count). The van der Waals surface area contributed by atoms with Crippen LogP contribution in [0.1, 0.15) is 19.8 Å². The molecule has 1 aliphatic carbocycles. The summed E-state index contributed by atoms with van der Waals surface area (Å²) in [5, 5.41) is 3.29. The van der Waals surface area contributed by atoms with Crippen molar-refractivity contribution in [2.24, 2.45) is 5.84 Å². The Morgan fingerprint density at radius 1 is 1.44 bits per heavy atom. The van der Waals surface area contributed by atoms with E-state index >= 15 is 0 Å². The van der Waals surface area contributed by atoms with Gasteiger partial charge < -0.3 is 15.5 Å². The van der Waals surface area contributed by atoms with Gasteiger partial charge in [-0.25, -0.2) is 10.8 Å². The summed E-state index contributed by atoms with van der Waals surface area (Å²) in [6, 6.07) is 0.430. The van der Waals surface area contributed by atoms with E-state index in [1.165, 1.54) is 0 Å². The highest BCUT2D eigenvalue weighted by atomic mass is 16.5. The van der Waals surface area contributed by atoms with Gasteiger partial charge in [-0.1, -0.05) is 0 Å². The molecule has 0 radical (unpaired) electrons. The van der Waals surface area contributed by atoms with Crippen LogP contribution < -0.4 is 16.6 Å². The average Bonchev–Trinajstić information content (AvgIpc) is 2.27. The number of anilines is 2. The number of ether oxygens (including phenoxy) is 1. The van der Waals surface area contributed by atoms with E-state index in [2.05, 4.69) is 20.7 Å². The van der Waals surface area contributed by atoms with E-state index in [4.69, 9.17) is 10.6 Å². The van der Waals surface area contributed by atoms with Crippen molar-refractivity contribution < 1.29 is 4.74 Å². The molecule has 0 amide bonds. The van der Waals surface area contributed by atoms with Gasteiger partial charge in [-0.05, 0) is 19.8 Å². The van der Waals surface area contributed by atoms with Crippen molar-refractivity contribution in [3.05, 3.63) is 12.4 Å². The SMILES string of the molecule is CCOC1CC(Nc2cncc(NN)n2)C1. The Morgan fingerprint density at radius 2 is 2.19 bits per heavy atom. The second kappa shape index (κ2) is 5.09. The zero-order valence-corrected chi connectivity index (χ0v) is 9.31. The van der Waals surface area contributed by atoms with Crippen molar-refractivity contribution in [3.63, 3.8) is 0 Å². The first kappa shape index (κ1) is 11.1. The van der Waals surface area contributed by atoms with Crippen LogP contribution in [0.25, 0.3) is 0 Å². The van der Waals surface area contributed by atoms with Gasteiger partial charge in [-0.2, -0.15) is 0 Å². The van der Waals surface area contributed by atoms with Crippen LogP contribution in [0.5, 0.6) is 0 Å². The van der Waals surface area contributed by atoms with Gasteiger partial charge in [-0.15, -0.1) is 0 Å². The summed E-state index contributed by atoms with van der Waals surface area (Å²) in [5.41, 5.74) is 2.47. The van der Waals surface area contributed by atoms with Gasteiger partial charge in [0.05, 0.1) is 18.5 Å². The first-order valence-electron chi connectivity index (χ1n) is 5.48. The molecule has 1 aromatic rings. The van der Waals surface area contributed by atoms with Crippen LogP contribution in [-0.4, -0.2) is 28.7 Å². The number of rotatable bonds is 5. The molecular weight excluding hydrogens is 206 g/mol. The largest absolute Gasteiger partial charge is 0.378 e. The molecule has 6 nitrogen and oxygen atoms in total. The van der Waals surface area contributed by atoms with Crippen LogP contribution in [0, 0.1) is 0 Å². The fourth-order valence-corrected chi connectivity index (χ4v) is 1.77. The summed E-state index contributed by atoms with van der Waals surface area (Å²) in [4.78, 5) is 8.26. The monoisotopic (exact) mass is 223 g/mol. The molecule has 0 saturated heterocycles. The van der Waals surface area contributed by atoms with Crippen LogP contribution in [0.15, 0.2) is 12.4 Å². The fourth-order valence-electron chi connectivity index (χ4n) is 1.77. The predicted molar refractivity (Wildman–Crippen MR) is 61.9 cm³/mol. The molecule has 0 bridgehead atoms. The molecule has 1 aromatic heterocycles. The number of nitrogen functional groups attached to an aromatic ring is 1. The second-order valence-corrected chi connectivity index (χ2v) is 3.82. The first-order chi connectivity index (χ1) is 7.81. The minimum absolute atomic E-state index is 0.395. The maximum absolute atomic E-state index is 5.48. The van der Waals surface area contributed by atoms with Crippen LogP contribution in [0.4, 0.5) is 11.6 Å². The number of hydrogen-bond acceptors (Lipinski definition) is 6. The summed E-state index contributed by atoms with van der Waals surface area (Å²) in [6.45, 7) is 2.80. The number of aromatic nitrogens is 2. The molecule has 4 N–H and O–H groups in total. The third-order valence-electron chi connectivity index (χ3n) is 2.63. The number of nitrogens with one attached hydrogen (secondary N) is 2. The molecule has 0 spiro atoms. The summed E-state index contributed by atoms with van der Waals surface area (Å²) < 4.78 is 5.48. The van der Waals surface area contributed by atoms with Crippen molar-refractivity contribution in [2.45, 2.75) is 31.9 Å². The third kappa shape index (κ3) is 2.59. The quantitative estimate of drug-likeness (QED) is 0.504. The molecule has 1 fully saturated rings. The second-order valence-electron chi connectivity index (χ2n) is 3.82. The highest BCUT2D eigenvalue weighted by Crippen LogP contribution is 2.26. The van der Waals surface area contributed by atoms with E-state index in [1.54, 1.807) is 12.4 Å². The van der Waals surface area contributed by atoms with E-state index in [-0.39, 0.29) is 0 Å². The predicted octanol–water partition coefficient (Wildman–Crippen LogP) is 0.742. The van der Waals surface area contributed by atoms with Crippen molar-refractivity contribution in [1.82, 2.24) is 9.97 Å². The van der Waals surface area contributed by atoms with Crippen LogP contribution >= 0.6 is 0 Å². The average molecular weight is 223 g/mol. The number of nitrogens with two attached hydrogens (primary N) is 1. The molecule has 1 aliphatic rings. The molecule has 1 saturated carbocycles. The van der Waals surface area contributed by atoms with E-state index < -0.39 is 0 Å². The van der Waals surface area contributed by atoms with Gasteiger partial charge in [0.25, 0.3) is 0 Å². The Labute approximate surface area is 94.6 Å². The van der Waals surface area contributed by atoms with Crippen molar-refractivity contribution in [2.75, 3.05) is 17.3 Å². The van der Waals surface area contributed by atoms with Gasteiger partial charge in [0.2, 0.25) is 0 Å². The third-order valence-corrected chi connectivity index (χ3v) is 2.63. The van der Waals surface area contributed by atoms with Gasteiger partial charge in [0.15, 0.2) is 5.82 Å². The lowest BCUT2D eigenvalue weighted by Gasteiger charge is -2.35. The molecule has 0 aromatic carbocycles. The summed E-state index contributed by atoms with van der Waals surface area (Å²) in [5.74, 6) is 6.56. The Kier molecular flexibility index (Phi) is 3.53. The molecule has 0 aliphatic heterocycles. The lowest BCUT2D eigenvalue weighted by Crippen LogP contribution is -2.41. The Hall–Kier alpha value is -1.40. The van der Waals surface area contributed by atoms with E-state index in [9.17, 15) is 0 Å². The highest BCUT2D eigenvalue weighted by Gasteiger charge is 2.29. The molecule has 1 heterocycles. The van der Waals surface area contributed by atoms with Crippen molar-refractivity contribution in [1.29, 1.82) is 0 Å². The lowest BCUT2D eigenvalue weighted by atomic mass is 9.89. The molecule has 0 atom stereocenters. The van der Waals surface area contributed by atoms with Crippen molar-refractivity contribution in [3.8, 4) is 0 Å². The Bertz CT molecular complexity index is 340. The minimum atomic E-state index is 0.395. The van der Waals surface area contributed by atoms with E-state index in [0.717, 1.165) is 25.3 Å². The molecule has 0 unspecified atom stereocenters. The molecule has 88 valence electrons.